The number of nitrogens with one attached hydrogen (secondary N) is 1. The standard InChI is InChI=1S/C69H127N2O6P/c1-6-8-10-12-14-16-18-20-22-24-26-27-28-29-30-31-32-33-34-35-36-37-38-39-40-41-42-43-45-47-49-51-53-55-57-59-61-63-69(73)70-67(66-77-78(74,75)76-65-64-71(3,4)5)68(72)62-60-58-56-54-52-50-48-46-44-25-23-21-19-17-15-13-11-9-7-2/h8,10,14,16,20,22,26-27,44,46,52,54,60,62,67-68,72H,6-7,9,11-13,15,17-19,21,23-25,28-43,45,47-51,53,55-59,61,63-66H2,1-5H3,(H-,70,73,74,75)/b10-8-,16-14-,22-20-,27-26-,46-44+,54-52+,62-60+. The average Bonchev–Trinajstić information content (AvgIpc) is 3.41. The summed E-state index contributed by atoms with van der Waals surface area (Å²) < 4.78 is 23.4. The molecule has 0 aliphatic heterocycles. The first-order chi connectivity index (χ1) is 38.0. The number of likely N-dealkylation sites (N-methyl/N-ethyl adjacent to an activating group) is 1. The lowest BCUT2D eigenvalue weighted by atomic mass is 10.0. The van der Waals surface area contributed by atoms with Crippen LogP contribution in [0.1, 0.15) is 296 Å². The van der Waals surface area contributed by atoms with Gasteiger partial charge >= 0.3 is 0 Å². The van der Waals surface area contributed by atoms with Crippen LogP contribution in [0, 0.1) is 0 Å². The van der Waals surface area contributed by atoms with Crippen molar-refractivity contribution < 1.29 is 32.9 Å². The third-order valence-electron chi connectivity index (χ3n) is 14.6. The van der Waals surface area contributed by atoms with Gasteiger partial charge in [0.1, 0.15) is 13.2 Å². The van der Waals surface area contributed by atoms with E-state index in [-0.39, 0.29) is 12.5 Å². The second kappa shape index (κ2) is 59.3. The van der Waals surface area contributed by atoms with Crippen LogP contribution in [0.2, 0.25) is 0 Å². The zero-order chi connectivity index (χ0) is 57.0. The van der Waals surface area contributed by atoms with E-state index >= 15 is 0 Å². The summed E-state index contributed by atoms with van der Waals surface area (Å²) in [6, 6.07) is -0.912. The Kier molecular flexibility index (Phi) is 57.5. The molecule has 8 nitrogen and oxygen atoms in total. The van der Waals surface area contributed by atoms with Crippen LogP contribution >= 0.6 is 7.82 Å². The van der Waals surface area contributed by atoms with Crippen molar-refractivity contribution in [1.82, 2.24) is 5.32 Å². The van der Waals surface area contributed by atoms with Gasteiger partial charge in [-0.05, 0) is 83.5 Å². The largest absolute Gasteiger partial charge is 0.756 e. The van der Waals surface area contributed by atoms with Crippen LogP contribution in [0.3, 0.4) is 0 Å². The van der Waals surface area contributed by atoms with Gasteiger partial charge in [-0.1, -0.05) is 292 Å². The van der Waals surface area contributed by atoms with Gasteiger partial charge in [0.15, 0.2) is 0 Å². The van der Waals surface area contributed by atoms with Crippen LogP contribution < -0.4 is 10.2 Å². The van der Waals surface area contributed by atoms with Crippen LogP contribution in [0.15, 0.2) is 85.1 Å². The van der Waals surface area contributed by atoms with E-state index in [4.69, 9.17) is 9.05 Å². The molecule has 0 aliphatic carbocycles. The minimum absolute atomic E-state index is 0.00980. The van der Waals surface area contributed by atoms with Crippen LogP contribution in [0.25, 0.3) is 0 Å². The van der Waals surface area contributed by atoms with Crippen molar-refractivity contribution >= 4 is 13.7 Å². The fourth-order valence-electron chi connectivity index (χ4n) is 9.47. The Labute approximate surface area is 484 Å². The fourth-order valence-corrected chi connectivity index (χ4v) is 10.2. The third-order valence-corrected chi connectivity index (χ3v) is 15.5. The van der Waals surface area contributed by atoms with E-state index in [2.05, 4.69) is 92.1 Å². The number of phosphoric acid groups is 1. The molecule has 0 fully saturated rings. The maximum atomic E-state index is 13.0. The molecule has 2 N–H and O–H groups in total. The molecule has 78 heavy (non-hydrogen) atoms. The SMILES string of the molecule is CC/C=C\C/C=C\C/C=C\C/C=C\CCCCCCCCCCCCCCCCCCCCCCCCCCC(=O)NC(COP(=O)([O-])OCC[N+](C)(C)C)C(O)/C=C/CC/C=C/CC/C=C/CCCCCCCCCCC. The molecular weight excluding hydrogens is 984 g/mol. The number of hydrogen-bond donors (Lipinski definition) is 2. The topological polar surface area (TPSA) is 108 Å². The molecule has 454 valence electrons. The lowest BCUT2D eigenvalue weighted by molar-refractivity contribution is -0.870. The van der Waals surface area contributed by atoms with Gasteiger partial charge in [0, 0.05) is 6.42 Å². The monoisotopic (exact) mass is 1110 g/mol. The predicted octanol–water partition coefficient (Wildman–Crippen LogP) is 20.1. The molecule has 1 amide bonds. The molecule has 0 saturated carbocycles. The van der Waals surface area contributed by atoms with Crippen LogP contribution in [0.5, 0.6) is 0 Å². The summed E-state index contributed by atoms with van der Waals surface area (Å²) >= 11 is 0. The number of allylic oxidation sites excluding steroid dienone is 13. The van der Waals surface area contributed by atoms with Crippen molar-refractivity contribution in [3.05, 3.63) is 85.1 Å². The number of unbranched alkanes of at least 4 members (excludes halogenated alkanes) is 35. The highest BCUT2D eigenvalue weighted by Crippen LogP contribution is 2.38. The Morgan fingerprint density at radius 3 is 1.19 bits per heavy atom. The molecular formula is C69H127N2O6P. The van der Waals surface area contributed by atoms with E-state index in [1.54, 1.807) is 6.08 Å². The summed E-state index contributed by atoms with van der Waals surface area (Å²) in [5, 5.41) is 13.9. The molecule has 0 spiro atoms. The molecule has 0 saturated heterocycles. The number of carbonyl (C=O) groups excluding carboxylic acids is 1. The summed E-state index contributed by atoms with van der Waals surface area (Å²) in [6.45, 7) is 4.53. The first-order valence-corrected chi connectivity index (χ1v) is 34.4. The highest BCUT2D eigenvalue weighted by atomic mass is 31.2. The number of nitrogens with zero attached hydrogens (tertiary/aromatic N) is 1. The lowest BCUT2D eigenvalue weighted by Crippen LogP contribution is -2.45. The van der Waals surface area contributed by atoms with E-state index in [1.165, 1.54) is 205 Å². The summed E-state index contributed by atoms with van der Waals surface area (Å²) in [6.07, 6.45) is 84.2. The maximum Gasteiger partial charge on any atom is 0.268 e. The average molecular weight is 1110 g/mol. The Hall–Kier alpha value is -2.32. The molecule has 0 aromatic carbocycles. The summed E-state index contributed by atoms with van der Waals surface area (Å²) in [5.74, 6) is -0.208. The predicted molar refractivity (Wildman–Crippen MR) is 339 cm³/mol. The van der Waals surface area contributed by atoms with Crippen molar-refractivity contribution in [3.8, 4) is 0 Å². The zero-order valence-electron chi connectivity index (χ0n) is 51.9. The molecule has 0 bridgehead atoms. The van der Waals surface area contributed by atoms with E-state index < -0.39 is 26.6 Å². The molecule has 9 heteroatoms. The van der Waals surface area contributed by atoms with Crippen LogP contribution in [0.4, 0.5) is 0 Å². The number of quaternary nitrogens is 1. The van der Waals surface area contributed by atoms with Gasteiger partial charge in [-0.3, -0.25) is 9.36 Å². The maximum absolute atomic E-state index is 13.0. The van der Waals surface area contributed by atoms with Gasteiger partial charge in [-0.2, -0.15) is 0 Å². The molecule has 0 aromatic heterocycles. The van der Waals surface area contributed by atoms with Gasteiger partial charge < -0.3 is 28.8 Å². The minimum atomic E-state index is -4.61. The first-order valence-electron chi connectivity index (χ1n) is 32.9. The molecule has 0 aliphatic rings. The zero-order valence-corrected chi connectivity index (χ0v) is 52.7. The molecule has 0 radical (unpaired) electrons. The molecule has 0 heterocycles. The fraction of sp³-hybridized carbons (Fsp3) is 0.783. The number of aliphatic hydroxyl groups is 1. The van der Waals surface area contributed by atoms with Crippen LogP contribution in [-0.2, 0) is 18.4 Å². The van der Waals surface area contributed by atoms with Crippen LogP contribution in [-0.4, -0.2) is 68.5 Å². The Balaban J connectivity index is 4.02. The first kappa shape index (κ1) is 75.7. The second-order valence-electron chi connectivity index (χ2n) is 23.4. The number of amides is 1. The molecule has 0 aromatic rings. The number of phosphoric ester groups is 1. The third kappa shape index (κ3) is 61.3. The van der Waals surface area contributed by atoms with Crippen molar-refractivity contribution in [3.63, 3.8) is 0 Å². The van der Waals surface area contributed by atoms with Gasteiger partial charge in [0.2, 0.25) is 5.91 Å². The van der Waals surface area contributed by atoms with E-state index in [0.29, 0.717) is 17.4 Å². The van der Waals surface area contributed by atoms with Gasteiger partial charge in [0.05, 0.1) is 39.9 Å². The smallest absolute Gasteiger partial charge is 0.268 e. The quantitative estimate of drug-likeness (QED) is 0.0272. The summed E-state index contributed by atoms with van der Waals surface area (Å²) in [5.41, 5.74) is 0. The number of rotatable bonds is 60. The van der Waals surface area contributed by atoms with Gasteiger partial charge in [0.25, 0.3) is 7.82 Å². The van der Waals surface area contributed by atoms with E-state index in [9.17, 15) is 19.4 Å². The Morgan fingerprint density at radius 1 is 0.462 bits per heavy atom. The van der Waals surface area contributed by atoms with Crippen molar-refractivity contribution in [2.24, 2.45) is 0 Å². The van der Waals surface area contributed by atoms with Gasteiger partial charge in [-0.25, -0.2) is 0 Å². The summed E-state index contributed by atoms with van der Waals surface area (Å²) in [7, 11) is 1.24. The molecule has 0 rings (SSSR count). The Bertz CT molecular complexity index is 1550. The second-order valence-corrected chi connectivity index (χ2v) is 24.8. The lowest BCUT2D eigenvalue weighted by Gasteiger charge is -2.29. The number of hydrogen-bond acceptors (Lipinski definition) is 6. The summed E-state index contributed by atoms with van der Waals surface area (Å²) in [4.78, 5) is 25.6. The van der Waals surface area contributed by atoms with Crippen molar-refractivity contribution in [1.29, 1.82) is 0 Å². The Morgan fingerprint density at radius 2 is 0.795 bits per heavy atom. The van der Waals surface area contributed by atoms with Gasteiger partial charge in [-0.15, -0.1) is 0 Å². The molecule has 3 atom stereocenters. The molecule has 3 unspecified atom stereocenters. The van der Waals surface area contributed by atoms with E-state index in [0.717, 1.165) is 70.6 Å². The van der Waals surface area contributed by atoms with Crippen molar-refractivity contribution in [2.75, 3.05) is 40.9 Å². The normalized spacial score (nSPS) is 14.3. The highest BCUT2D eigenvalue weighted by molar-refractivity contribution is 7.45. The van der Waals surface area contributed by atoms with Crippen molar-refractivity contribution in [2.45, 2.75) is 309 Å². The number of aliphatic hydroxyl groups excluding tert-OH is 1. The number of carbonyl (C=O) groups is 1. The highest BCUT2D eigenvalue weighted by Gasteiger charge is 2.23. The minimum Gasteiger partial charge on any atom is -0.756 e. The van der Waals surface area contributed by atoms with E-state index in [1.807, 2.05) is 27.2 Å².